The lowest BCUT2D eigenvalue weighted by Gasteiger charge is -2.18. The van der Waals surface area contributed by atoms with Crippen molar-refractivity contribution >= 4 is 0 Å². The summed E-state index contributed by atoms with van der Waals surface area (Å²) in [6.07, 6.45) is 9.78. The molecule has 0 radical (unpaired) electrons. The molecule has 0 aromatic rings. The lowest BCUT2D eigenvalue weighted by atomic mass is 9.94. The monoisotopic (exact) mass is 196 g/mol. The van der Waals surface area contributed by atoms with E-state index in [1.807, 2.05) is 0 Å². The van der Waals surface area contributed by atoms with Crippen LogP contribution in [0.2, 0.25) is 0 Å². The van der Waals surface area contributed by atoms with Crippen LogP contribution in [0.25, 0.3) is 0 Å². The molecular formula is C12H24N2. The van der Waals surface area contributed by atoms with Gasteiger partial charge in [0.15, 0.2) is 0 Å². The average Bonchev–Trinajstić information content (AvgIpc) is 2.25. The summed E-state index contributed by atoms with van der Waals surface area (Å²) >= 11 is 0. The largest absolute Gasteiger partial charge is 0.315 e. The van der Waals surface area contributed by atoms with Crippen molar-refractivity contribution in [2.24, 2.45) is 5.92 Å². The van der Waals surface area contributed by atoms with E-state index < -0.39 is 0 Å². The van der Waals surface area contributed by atoms with Crippen LogP contribution >= 0.6 is 0 Å². The summed E-state index contributed by atoms with van der Waals surface area (Å²) in [5.41, 5.74) is 0. The Kier molecular flexibility index (Phi) is 6.71. The summed E-state index contributed by atoms with van der Waals surface area (Å²) in [6, 6.07) is 0. The van der Waals surface area contributed by atoms with Gasteiger partial charge in [-0.25, -0.2) is 0 Å². The summed E-state index contributed by atoms with van der Waals surface area (Å²) in [7, 11) is 0. The Bertz CT molecular complexity index is 154. The maximum absolute atomic E-state index is 3.52. The molecule has 82 valence electrons. The summed E-state index contributed by atoms with van der Waals surface area (Å²) in [6.45, 7) is 6.76. The second kappa shape index (κ2) is 8.01. The van der Waals surface area contributed by atoms with Gasteiger partial charge >= 0.3 is 0 Å². The summed E-state index contributed by atoms with van der Waals surface area (Å²) in [4.78, 5) is 0. The number of hydrogen-bond acceptors (Lipinski definition) is 2. The Morgan fingerprint density at radius 1 is 1.14 bits per heavy atom. The molecule has 2 nitrogen and oxygen atoms in total. The van der Waals surface area contributed by atoms with Gasteiger partial charge in [-0.1, -0.05) is 19.1 Å². The number of allylic oxidation sites excluding steroid dienone is 2. The maximum Gasteiger partial charge on any atom is 0.00768 e. The van der Waals surface area contributed by atoms with Crippen LogP contribution in [0.3, 0.4) is 0 Å². The van der Waals surface area contributed by atoms with Crippen LogP contribution in [0.1, 0.15) is 32.6 Å². The van der Waals surface area contributed by atoms with Crippen molar-refractivity contribution < 1.29 is 0 Å². The van der Waals surface area contributed by atoms with Crippen LogP contribution < -0.4 is 10.6 Å². The molecule has 0 saturated carbocycles. The molecule has 2 N–H and O–H groups in total. The van der Waals surface area contributed by atoms with Gasteiger partial charge in [0.1, 0.15) is 0 Å². The second-order valence-corrected chi connectivity index (χ2v) is 4.10. The highest BCUT2D eigenvalue weighted by Crippen LogP contribution is 2.16. The first-order chi connectivity index (χ1) is 6.93. The van der Waals surface area contributed by atoms with E-state index in [1.165, 1.54) is 32.2 Å². The molecule has 0 spiro atoms. The van der Waals surface area contributed by atoms with Crippen LogP contribution in [-0.2, 0) is 0 Å². The molecule has 0 saturated heterocycles. The van der Waals surface area contributed by atoms with E-state index >= 15 is 0 Å². The van der Waals surface area contributed by atoms with Gasteiger partial charge in [-0.15, -0.1) is 0 Å². The van der Waals surface area contributed by atoms with Gasteiger partial charge in [-0.05, 0) is 44.7 Å². The lowest BCUT2D eigenvalue weighted by molar-refractivity contribution is 0.438. The van der Waals surface area contributed by atoms with Gasteiger partial charge in [0.05, 0.1) is 0 Å². The molecule has 1 aliphatic carbocycles. The Labute approximate surface area is 88.2 Å². The first-order valence-electron chi connectivity index (χ1n) is 6.00. The normalized spacial score (nSPS) is 21.4. The van der Waals surface area contributed by atoms with Crippen molar-refractivity contribution in [2.75, 3.05) is 26.2 Å². The number of rotatable bonds is 7. The van der Waals surface area contributed by atoms with Crippen LogP contribution in [0.15, 0.2) is 12.2 Å². The Morgan fingerprint density at radius 2 is 2.00 bits per heavy atom. The molecule has 1 rings (SSSR count). The van der Waals surface area contributed by atoms with Gasteiger partial charge in [0, 0.05) is 13.1 Å². The first-order valence-corrected chi connectivity index (χ1v) is 6.00. The van der Waals surface area contributed by atoms with E-state index in [0.29, 0.717) is 0 Å². The van der Waals surface area contributed by atoms with Gasteiger partial charge in [-0.3, -0.25) is 0 Å². The summed E-state index contributed by atoms with van der Waals surface area (Å²) < 4.78 is 0. The number of nitrogens with one attached hydrogen (secondary N) is 2. The Balaban J connectivity index is 1.86. The van der Waals surface area contributed by atoms with E-state index in [4.69, 9.17) is 0 Å². The quantitative estimate of drug-likeness (QED) is 0.480. The third-order valence-electron chi connectivity index (χ3n) is 2.72. The van der Waals surface area contributed by atoms with Gasteiger partial charge in [-0.2, -0.15) is 0 Å². The predicted molar refractivity (Wildman–Crippen MR) is 62.5 cm³/mol. The molecule has 0 aromatic carbocycles. The minimum atomic E-state index is 0.881. The molecular weight excluding hydrogens is 172 g/mol. The van der Waals surface area contributed by atoms with Gasteiger partial charge in [0.25, 0.3) is 0 Å². The molecule has 0 heterocycles. The third-order valence-corrected chi connectivity index (χ3v) is 2.72. The van der Waals surface area contributed by atoms with E-state index in [2.05, 4.69) is 29.7 Å². The lowest BCUT2D eigenvalue weighted by Crippen LogP contribution is -2.31. The Morgan fingerprint density at radius 3 is 2.71 bits per heavy atom. The van der Waals surface area contributed by atoms with Crippen molar-refractivity contribution in [1.29, 1.82) is 0 Å². The fourth-order valence-electron chi connectivity index (χ4n) is 1.83. The SMILES string of the molecule is CCCNCCNCC1CC=CCC1. The predicted octanol–water partition coefficient (Wildman–Crippen LogP) is 1.93. The molecule has 0 bridgehead atoms. The molecule has 0 aliphatic heterocycles. The standard InChI is InChI=1S/C12H24N2/c1-2-8-13-9-10-14-11-12-6-4-3-5-7-12/h3-4,12-14H,2,5-11H2,1H3. The topological polar surface area (TPSA) is 24.1 Å². The van der Waals surface area contributed by atoms with Gasteiger partial charge in [0.2, 0.25) is 0 Å². The molecule has 0 aromatic heterocycles. The molecule has 0 amide bonds. The minimum absolute atomic E-state index is 0.881. The first kappa shape index (κ1) is 11.7. The van der Waals surface area contributed by atoms with Gasteiger partial charge < -0.3 is 10.6 Å². The van der Waals surface area contributed by atoms with E-state index in [0.717, 1.165) is 25.6 Å². The zero-order valence-electron chi connectivity index (χ0n) is 9.39. The highest BCUT2D eigenvalue weighted by Gasteiger charge is 2.08. The molecule has 14 heavy (non-hydrogen) atoms. The zero-order chi connectivity index (χ0) is 10.1. The summed E-state index contributed by atoms with van der Waals surface area (Å²) in [5.74, 6) is 0.881. The van der Waals surface area contributed by atoms with Crippen molar-refractivity contribution in [2.45, 2.75) is 32.6 Å². The van der Waals surface area contributed by atoms with E-state index in [1.54, 1.807) is 0 Å². The third kappa shape index (κ3) is 5.40. The van der Waals surface area contributed by atoms with E-state index in [-0.39, 0.29) is 0 Å². The van der Waals surface area contributed by atoms with Crippen molar-refractivity contribution in [3.63, 3.8) is 0 Å². The van der Waals surface area contributed by atoms with Crippen molar-refractivity contribution in [3.8, 4) is 0 Å². The molecule has 1 unspecified atom stereocenters. The van der Waals surface area contributed by atoms with Crippen LogP contribution in [0.5, 0.6) is 0 Å². The zero-order valence-corrected chi connectivity index (χ0v) is 9.39. The molecule has 1 atom stereocenters. The molecule has 1 aliphatic rings. The van der Waals surface area contributed by atoms with Crippen molar-refractivity contribution in [1.82, 2.24) is 10.6 Å². The molecule has 2 heteroatoms. The summed E-state index contributed by atoms with van der Waals surface area (Å²) in [5, 5.41) is 6.91. The second-order valence-electron chi connectivity index (χ2n) is 4.10. The number of hydrogen-bond donors (Lipinski definition) is 2. The average molecular weight is 196 g/mol. The fourth-order valence-corrected chi connectivity index (χ4v) is 1.83. The molecule has 0 fully saturated rings. The maximum atomic E-state index is 3.52. The Hall–Kier alpha value is -0.340. The van der Waals surface area contributed by atoms with Crippen molar-refractivity contribution in [3.05, 3.63) is 12.2 Å². The highest BCUT2D eigenvalue weighted by atomic mass is 14.9. The smallest absolute Gasteiger partial charge is 0.00768 e. The fraction of sp³-hybridized carbons (Fsp3) is 0.833. The van der Waals surface area contributed by atoms with Crippen LogP contribution in [0.4, 0.5) is 0 Å². The highest BCUT2D eigenvalue weighted by molar-refractivity contribution is 4.90. The van der Waals surface area contributed by atoms with E-state index in [9.17, 15) is 0 Å². The minimum Gasteiger partial charge on any atom is -0.315 e. The van der Waals surface area contributed by atoms with Crippen LogP contribution in [-0.4, -0.2) is 26.2 Å². The van der Waals surface area contributed by atoms with Crippen LogP contribution in [0, 0.1) is 5.92 Å².